The molecule has 106 valence electrons. The number of nitriles is 1. The third-order valence-electron chi connectivity index (χ3n) is 2.95. The maximum atomic E-state index is 10.6. The highest BCUT2D eigenvalue weighted by atomic mass is 32.2. The fourth-order valence-corrected chi connectivity index (χ4v) is 2.96. The van der Waals surface area contributed by atoms with Gasteiger partial charge in [0.1, 0.15) is 11.1 Å². The van der Waals surface area contributed by atoms with Gasteiger partial charge in [0.05, 0.1) is 10.5 Å². The second-order valence-corrected chi connectivity index (χ2v) is 5.55. The number of thioether (sulfide) groups is 1. The van der Waals surface area contributed by atoms with Gasteiger partial charge in [-0.1, -0.05) is 12.1 Å². The maximum absolute atomic E-state index is 10.6. The molecule has 0 atom stereocenters. The molecule has 1 aromatic carbocycles. The van der Waals surface area contributed by atoms with E-state index in [-0.39, 0.29) is 5.69 Å². The molecule has 1 heterocycles. The molecule has 0 fully saturated rings. The van der Waals surface area contributed by atoms with Crippen LogP contribution in [0.4, 0.5) is 5.69 Å². The zero-order chi connectivity index (χ0) is 15.4. The molecule has 0 bridgehead atoms. The van der Waals surface area contributed by atoms with E-state index in [1.54, 1.807) is 12.1 Å². The normalized spacial score (nSPS) is 10.1. The SMILES string of the molecule is Cc1cc(C)c(C#N)c(SCc2ccc([N+](=O)[O-])cc2)n1. The summed E-state index contributed by atoms with van der Waals surface area (Å²) in [5.74, 6) is 0.614. The van der Waals surface area contributed by atoms with Gasteiger partial charge < -0.3 is 0 Å². The molecule has 5 nitrogen and oxygen atoms in total. The predicted octanol–water partition coefficient (Wildman–Crippen LogP) is 3.77. The molecule has 0 amide bonds. The van der Waals surface area contributed by atoms with Crippen LogP contribution >= 0.6 is 11.8 Å². The molecular formula is C15H13N3O2S. The predicted molar refractivity (Wildman–Crippen MR) is 81.1 cm³/mol. The Labute approximate surface area is 126 Å². The van der Waals surface area contributed by atoms with Gasteiger partial charge in [0.25, 0.3) is 5.69 Å². The Balaban J connectivity index is 2.17. The smallest absolute Gasteiger partial charge is 0.258 e. The van der Waals surface area contributed by atoms with Crippen molar-refractivity contribution in [2.45, 2.75) is 24.6 Å². The Morgan fingerprint density at radius 1 is 1.33 bits per heavy atom. The van der Waals surface area contributed by atoms with Crippen molar-refractivity contribution in [3.8, 4) is 6.07 Å². The van der Waals surface area contributed by atoms with E-state index in [1.165, 1.54) is 23.9 Å². The first-order chi connectivity index (χ1) is 10.0. The topological polar surface area (TPSA) is 79.8 Å². The van der Waals surface area contributed by atoms with Crippen LogP contribution in [0.2, 0.25) is 0 Å². The van der Waals surface area contributed by atoms with Crippen LogP contribution in [0.1, 0.15) is 22.4 Å². The zero-order valence-corrected chi connectivity index (χ0v) is 12.5. The number of nitrogens with zero attached hydrogens (tertiary/aromatic N) is 3. The van der Waals surface area contributed by atoms with Gasteiger partial charge in [-0.3, -0.25) is 10.1 Å². The summed E-state index contributed by atoms with van der Waals surface area (Å²) in [6.07, 6.45) is 0. The fraction of sp³-hybridized carbons (Fsp3) is 0.200. The summed E-state index contributed by atoms with van der Waals surface area (Å²) >= 11 is 1.46. The molecule has 1 aromatic heterocycles. The number of hydrogen-bond donors (Lipinski definition) is 0. The number of aryl methyl sites for hydroxylation is 2. The first-order valence-electron chi connectivity index (χ1n) is 6.25. The van der Waals surface area contributed by atoms with Gasteiger partial charge >= 0.3 is 0 Å². The highest BCUT2D eigenvalue weighted by molar-refractivity contribution is 7.98. The van der Waals surface area contributed by atoms with Gasteiger partial charge in [0.2, 0.25) is 0 Å². The summed E-state index contributed by atoms with van der Waals surface area (Å²) in [6, 6.07) is 10.5. The van der Waals surface area contributed by atoms with Crippen molar-refractivity contribution in [2.75, 3.05) is 0 Å². The Bertz CT molecular complexity index is 721. The standard InChI is InChI=1S/C15H13N3O2S/c1-10-7-11(2)17-15(14(10)8-16)21-9-12-3-5-13(6-4-12)18(19)20/h3-7H,9H2,1-2H3. The Kier molecular flexibility index (Phi) is 4.55. The second kappa shape index (κ2) is 6.37. The molecule has 0 N–H and O–H groups in total. The molecule has 2 aromatic rings. The molecule has 0 radical (unpaired) electrons. The number of non-ortho nitro benzene ring substituents is 1. The lowest BCUT2D eigenvalue weighted by molar-refractivity contribution is -0.384. The van der Waals surface area contributed by atoms with Crippen LogP contribution < -0.4 is 0 Å². The second-order valence-electron chi connectivity index (χ2n) is 4.58. The minimum atomic E-state index is -0.420. The van der Waals surface area contributed by atoms with Crippen LogP contribution in [-0.2, 0) is 5.75 Å². The van der Waals surface area contributed by atoms with Crippen molar-refractivity contribution >= 4 is 17.4 Å². The molecule has 0 saturated heterocycles. The largest absolute Gasteiger partial charge is 0.269 e. The molecule has 0 aliphatic carbocycles. The van der Waals surface area contributed by atoms with Crippen LogP contribution in [0.15, 0.2) is 35.4 Å². The van der Waals surface area contributed by atoms with Crippen LogP contribution in [0, 0.1) is 35.3 Å². The van der Waals surface area contributed by atoms with Gasteiger partial charge in [0.15, 0.2) is 0 Å². The third-order valence-corrected chi connectivity index (χ3v) is 3.99. The highest BCUT2D eigenvalue weighted by Gasteiger charge is 2.10. The Morgan fingerprint density at radius 2 is 2.00 bits per heavy atom. The first kappa shape index (κ1) is 15.0. The maximum Gasteiger partial charge on any atom is 0.269 e. The van der Waals surface area contributed by atoms with E-state index >= 15 is 0 Å². The van der Waals surface area contributed by atoms with Gasteiger partial charge in [-0.25, -0.2) is 4.98 Å². The summed E-state index contributed by atoms with van der Waals surface area (Å²) in [5, 5.41) is 20.5. The van der Waals surface area contributed by atoms with Crippen LogP contribution in [0.5, 0.6) is 0 Å². The lowest BCUT2D eigenvalue weighted by Gasteiger charge is -2.07. The van der Waals surface area contributed by atoms with Crippen LogP contribution in [-0.4, -0.2) is 9.91 Å². The lowest BCUT2D eigenvalue weighted by atomic mass is 10.1. The number of aromatic nitrogens is 1. The lowest BCUT2D eigenvalue weighted by Crippen LogP contribution is -1.95. The van der Waals surface area contributed by atoms with Gasteiger partial charge in [-0.05, 0) is 31.0 Å². The fourth-order valence-electron chi connectivity index (χ4n) is 1.91. The van der Waals surface area contributed by atoms with E-state index in [4.69, 9.17) is 0 Å². The van der Waals surface area contributed by atoms with Crippen molar-refractivity contribution in [3.05, 3.63) is 62.8 Å². The monoisotopic (exact) mass is 299 g/mol. The van der Waals surface area contributed by atoms with E-state index in [1.807, 2.05) is 19.9 Å². The molecule has 0 saturated carbocycles. The van der Waals surface area contributed by atoms with E-state index in [9.17, 15) is 15.4 Å². The van der Waals surface area contributed by atoms with Crippen molar-refractivity contribution in [1.29, 1.82) is 5.26 Å². The molecule has 2 rings (SSSR count). The van der Waals surface area contributed by atoms with Crippen molar-refractivity contribution in [1.82, 2.24) is 4.98 Å². The van der Waals surface area contributed by atoms with Gasteiger partial charge in [-0.2, -0.15) is 5.26 Å². The van der Waals surface area contributed by atoms with Gasteiger partial charge in [-0.15, -0.1) is 11.8 Å². The van der Waals surface area contributed by atoms with E-state index in [0.29, 0.717) is 16.3 Å². The van der Waals surface area contributed by atoms with Crippen molar-refractivity contribution < 1.29 is 4.92 Å². The van der Waals surface area contributed by atoms with Crippen LogP contribution in [0.3, 0.4) is 0 Å². The van der Waals surface area contributed by atoms with Crippen molar-refractivity contribution in [3.63, 3.8) is 0 Å². The Hall–Kier alpha value is -2.39. The van der Waals surface area contributed by atoms with Crippen LogP contribution in [0.25, 0.3) is 0 Å². The quantitative estimate of drug-likeness (QED) is 0.487. The average Bonchev–Trinajstić information content (AvgIpc) is 2.45. The number of nitro groups is 1. The third kappa shape index (κ3) is 3.58. The van der Waals surface area contributed by atoms with Crippen molar-refractivity contribution in [2.24, 2.45) is 0 Å². The zero-order valence-electron chi connectivity index (χ0n) is 11.7. The average molecular weight is 299 g/mol. The summed E-state index contributed by atoms with van der Waals surface area (Å²) in [6.45, 7) is 3.78. The molecule has 0 spiro atoms. The molecule has 0 unspecified atom stereocenters. The summed E-state index contributed by atoms with van der Waals surface area (Å²) in [4.78, 5) is 14.6. The highest BCUT2D eigenvalue weighted by Crippen LogP contribution is 2.27. The van der Waals surface area contributed by atoms with E-state index < -0.39 is 4.92 Å². The minimum absolute atomic E-state index is 0.0750. The number of rotatable bonds is 4. The number of pyridine rings is 1. The van der Waals surface area contributed by atoms with E-state index in [2.05, 4.69) is 11.1 Å². The van der Waals surface area contributed by atoms with Gasteiger partial charge in [0, 0.05) is 23.6 Å². The molecule has 6 heteroatoms. The number of benzene rings is 1. The number of hydrogen-bond acceptors (Lipinski definition) is 5. The Morgan fingerprint density at radius 3 is 2.57 bits per heavy atom. The summed E-state index contributed by atoms with van der Waals surface area (Å²) in [7, 11) is 0. The number of nitro benzene ring substituents is 1. The molecule has 0 aliphatic rings. The molecule has 0 aliphatic heterocycles. The molecule has 21 heavy (non-hydrogen) atoms. The van der Waals surface area contributed by atoms with E-state index in [0.717, 1.165) is 16.8 Å². The summed E-state index contributed by atoms with van der Waals surface area (Å²) in [5.41, 5.74) is 3.41. The first-order valence-corrected chi connectivity index (χ1v) is 7.24. The minimum Gasteiger partial charge on any atom is -0.258 e. The molecular weight excluding hydrogens is 286 g/mol. The summed E-state index contributed by atoms with van der Waals surface area (Å²) < 4.78 is 0.